The topological polar surface area (TPSA) is 50.2 Å². The summed E-state index contributed by atoms with van der Waals surface area (Å²) in [6, 6.07) is 3.59. The van der Waals surface area contributed by atoms with Gasteiger partial charge >= 0.3 is 0 Å². The van der Waals surface area contributed by atoms with Gasteiger partial charge in [-0.3, -0.25) is 4.98 Å². The van der Waals surface area contributed by atoms with Crippen LogP contribution in [0.2, 0.25) is 0 Å². The lowest BCUT2D eigenvalue weighted by Gasteiger charge is -2.14. The van der Waals surface area contributed by atoms with Gasteiger partial charge in [-0.15, -0.1) is 0 Å². The Morgan fingerprint density at radius 3 is 2.85 bits per heavy atom. The number of pyridine rings is 1. The van der Waals surface area contributed by atoms with Gasteiger partial charge in [0.15, 0.2) is 6.29 Å². The number of carbonyl (C=O) groups is 1. The van der Waals surface area contributed by atoms with E-state index in [1.54, 1.807) is 12.3 Å². The lowest BCUT2D eigenvalue weighted by molar-refractivity contribution is -0.122. The van der Waals surface area contributed by atoms with Gasteiger partial charge < -0.3 is 9.90 Å². The fraction of sp³-hybridized carbons (Fsp3) is 0.333. The van der Waals surface area contributed by atoms with E-state index >= 15 is 0 Å². The van der Waals surface area contributed by atoms with Gasteiger partial charge in [-0.1, -0.05) is 0 Å². The Balaban J connectivity index is 2.75. The molecule has 0 aliphatic heterocycles. The Morgan fingerprint density at radius 1 is 1.69 bits per heavy atom. The third-order valence-corrected chi connectivity index (χ3v) is 2.05. The van der Waals surface area contributed by atoms with Gasteiger partial charge in [0.1, 0.15) is 5.60 Å². The zero-order valence-electron chi connectivity index (χ0n) is 7.20. The zero-order valence-corrected chi connectivity index (χ0v) is 8.78. The molecule has 0 saturated carbocycles. The van der Waals surface area contributed by atoms with Crippen LogP contribution in [-0.2, 0) is 11.2 Å². The van der Waals surface area contributed by atoms with Crippen LogP contribution in [0.3, 0.4) is 0 Å². The molecular weight excluding hydrogens is 234 g/mol. The van der Waals surface area contributed by atoms with Crippen molar-refractivity contribution in [2.45, 2.75) is 18.9 Å². The molecule has 0 spiro atoms. The van der Waals surface area contributed by atoms with Crippen molar-refractivity contribution in [2.75, 3.05) is 0 Å². The SMILES string of the molecule is CC(O)(C=O)Cc1ccc(Br)cn1. The first kappa shape index (κ1) is 10.3. The molecule has 3 nitrogen and oxygen atoms in total. The number of nitrogens with zero attached hydrogens (tertiary/aromatic N) is 1. The molecule has 0 fully saturated rings. The Kier molecular flexibility index (Phi) is 3.17. The molecule has 1 N–H and O–H groups in total. The summed E-state index contributed by atoms with van der Waals surface area (Å²) in [5.74, 6) is 0. The van der Waals surface area contributed by atoms with E-state index in [-0.39, 0.29) is 6.42 Å². The number of aldehydes is 1. The van der Waals surface area contributed by atoms with Crippen molar-refractivity contribution in [3.05, 3.63) is 28.5 Å². The molecule has 1 heterocycles. The van der Waals surface area contributed by atoms with E-state index in [0.29, 0.717) is 12.0 Å². The molecule has 0 saturated heterocycles. The van der Waals surface area contributed by atoms with Gasteiger partial charge in [0.25, 0.3) is 0 Å². The second-order valence-electron chi connectivity index (χ2n) is 3.12. The summed E-state index contributed by atoms with van der Waals surface area (Å²) in [7, 11) is 0. The number of hydrogen-bond acceptors (Lipinski definition) is 3. The van der Waals surface area contributed by atoms with Crippen LogP contribution >= 0.6 is 15.9 Å². The third kappa shape index (κ3) is 3.24. The first-order valence-corrected chi connectivity index (χ1v) is 4.62. The second kappa shape index (κ2) is 3.98. The summed E-state index contributed by atoms with van der Waals surface area (Å²) >= 11 is 3.25. The maximum absolute atomic E-state index is 10.4. The fourth-order valence-electron chi connectivity index (χ4n) is 0.919. The smallest absolute Gasteiger partial charge is 0.151 e. The van der Waals surface area contributed by atoms with Crippen LogP contribution in [0, 0.1) is 0 Å². The molecule has 1 aromatic rings. The van der Waals surface area contributed by atoms with Crippen LogP contribution < -0.4 is 0 Å². The number of hydrogen-bond donors (Lipinski definition) is 1. The standard InChI is InChI=1S/C9H10BrNO2/c1-9(13,6-12)4-8-3-2-7(10)5-11-8/h2-3,5-6,13H,4H2,1H3. The molecule has 4 heteroatoms. The van der Waals surface area contributed by atoms with Crippen LogP contribution in [0.1, 0.15) is 12.6 Å². The lowest BCUT2D eigenvalue weighted by Crippen LogP contribution is -2.29. The maximum atomic E-state index is 10.4. The van der Waals surface area contributed by atoms with Crippen molar-refractivity contribution in [3.8, 4) is 0 Å². The second-order valence-corrected chi connectivity index (χ2v) is 4.04. The van der Waals surface area contributed by atoms with E-state index in [4.69, 9.17) is 0 Å². The number of rotatable bonds is 3. The number of halogens is 1. The summed E-state index contributed by atoms with van der Waals surface area (Å²) < 4.78 is 0.877. The van der Waals surface area contributed by atoms with Crippen molar-refractivity contribution in [3.63, 3.8) is 0 Å². The lowest BCUT2D eigenvalue weighted by atomic mass is 10.0. The third-order valence-electron chi connectivity index (χ3n) is 1.58. The largest absolute Gasteiger partial charge is 0.382 e. The van der Waals surface area contributed by atoms with E-state index in [1.807, 2.05) is 6.07 Å². The van der Waals surface area contributed by atoms with Crippen molar-refractivity contribution in [2.24, 2.45) is 0 Å². The van der Waals surface area contributed by atoms with Crippen LogP contribution in [0.4, 0.5) is 0 Å². The Morgan fingerprint density at radius 2 is 2.38 bits per heavy atom. The first-order chi connectivity index (χ1) is 6.03. The molecule has 0 amide bonds. The van der Waals surface area contributed by atoms with Crippen LogP contribution in [0.15, 0.2) is 22.8 Å². The van der Waals surface area contributed by atoms with Gasteiger partial charge in [0, 0.05) is 22.8 Å². The molecule has 0 bridgehead atoms. The highest BCUT2D eigenvalue weighted by Gasteiger charge is 2.19. The summed E-state index contributed by atoms with van der Waals surface area (Å²) in [4.78, 5) is 14.5. The van der Waals surface area contributed by atoms with Crippen molar-refractivity contribution >= 4 is 22.2 Å². The van der Waals surface area contributed by atoms with Crippen LogP contribution in [0.5, 0.6) is 0 Å². The van der Waals surface area contributed by atoms with Gasteiger partial charge in [-0.2, -0.15) is 0 Å². The molecule has 1 rings (SSSR count). The molecule has 70 valence electrons. The summed E-state index contributed by atoms with van der Waals surface area (Å²) in [6.45, 7) is 1.46. The average Bonchev–Trinajstić information content (AvgIpc) is 2.09. The van der Waals surface area contributed by atoms with Crippen molar-refractivity contribution in [1.82, 2.24) is 4.98 Å². The van der Waals surface area contributed by atoms with E-state index in [2.05, 4.69) is 20.9 Å². The molecule has 0 aliphatic carbocycles. The Bertz CT molecular complexity index is 295. The minimum Gasteiger partial charge on any atom is -0.382 e. The minimum atomic E-state index is -1.32. The summed E-state index contributed by atoms with van der Waals surface area (Å²) in [6.07, 6.45) is 2.40. The number of aromatic nitrogens is 1. The molecule has 1 aromatic heterocycles. The van der Waals surface area contributed by atoms with Gasteiger partial charge in [0.05, 0.1) is 0 Å². The van der Waals surface area contributed by atoms with E-state index in [1.165, 1.54) is 6.92 Å². The first-order valence-electron chi connectivity index (χ1n) is 3.83. The molecule has 0 aromatic carbocycles. The predicted molar refractivity (Wildman–Crippen MR) is 52.3 cm³/mol. The van der Waals surface area contributed by atoms with Crippen LogP contribution in [-0.4, -0.2) is 22.0 Å². The molecule has 13 heavy (non-hydrogen) atoms. The molecule has 1 atom stereocenters. The summed E-state index contributed by atoms with van der Waals surface area (Å²) in [5.41, 5.74) is -0.624. The highest BCUT2D eigenvalue weighted by atomic mass is 79.9. The van der Waals surface area contributed by atoms with Crippen molar-refractivity contribution in [1.29, 1.82) is 0 Å². The average molecular weight is 244 g/mol. The van der Waals surface area contributed by atoms with Crippen molar-refractivity contribution < 1.29 is 9.90 Å². The van der Waals surface area contributed by atoms with Gasteiger partial charge in [-0.25, -0.2) is 0 Å². The quantitative estimate of drug-likeness (QED) is 0.816. The maximum Gasteiger partial charge on any atom is 0.151 e. The van der Waals surface area contributed by atoms with E-state index < -0.39 is 5.60 Å². The van der Waals surface area contributed by atoms with Gasteiger partial charge in [-0.05, 0) is 35.0 Å². The monoisotopic (exact) mass is 243 g/mol. The number of aliphatic hydroxyl groups is 1. The highest BCUT2D eigenvalue weighted by molar-refractivity contribution is 9.10. The molecule has 1 unspecified atom stereocenters. The Labute approximate surface area is 84.9 Å². The zero-order chi connectivity index (χ0) is 9.90. The summed E-state index contributed by atoms with van der Waals surface area (Å²) in [5, 5.41) is 9.43. The fourth-order valence-corrected chi connectivity index (χ4v) is 1.15. The van der Waals surface area contributed by atoms with E-state index in [0.717, 1.165) is 4.47 Å². The molecular formula is C9H10BrNO2. The number of carbonyl (C=O) groups excluding carboxylic acids is 1. The Hall–Kier alpha value is -0.740. The van der Waals surface area contributed by atoms with Crippen LogP contribution in [0.25, 0.3) is 0 Å². The predicted octanol–water partition coefficient (Wildman–Crippen LogP) is 1.34. The minimum absolute atomic E-state index is 0.240. The van der Waals surface area contributed by atoms with Gasteiger partial charge in [0.2, 0.25) is 0 Å². The molecule has 0 radical (unpaired) electrons. The highest BCUT2D eigenvalue weighted by Crippen LogP contribution is 2.12. The normalized spacial score (nSPS) is 15.0. The molecule has 0 aliphatic rings. The van der Waals surface area contributed by atoms with E-state index in [9.17, 15) is 9.90 Å².